The topological polar surface area (TPSA) is 46.1 Å². The molecule has 4 nitrogen and oxygen atoms in total. The molecule has 1 amide bonds. The zero-order valence-corrected chi connectivity index (χ0v) is 13.0. The highest BCUT2D eigenvalue weighted by molar-refractivity contribution is 7.17. The number of pyridine rings is 1. The van der Waals surface area contributed by atoms with Crippen LogP contribution < -0.4 is 0 Å². The van der Waals surface area contributed by atoms with E-state index in [0.717, 1.165) is 47.1 Å². The van der Waals surface area contributed by atoms with E-state index in [2.05, 4.69) is 9.97 Å². The highest BCUT2D eigenvalue weighted by Crippen LogP contribution is 2.28. The molecule has 21 heavy (non-hydrogen) atoms. The van der Waals surface area contributed by atoms with Gasteiger partial charge in [0.2, 0.25) is 0 Å². The van der Waals surface area contributed by atoms with Crippen LogP contribution in [-0.4, -0.2) is 33.9 Å². The number of hydrogen-bond acceptors (Lipinski definition) is 4. The standard InChI is InChI=1S/C16H19N3OS/c1-12-14(16(20)19-10-4-2-3-5-11-19)21-15(18-12)13-6-8-17-9-7-13/h6-9H,2-5,10-11H2,1H3. The number of hydrogen-bond donors (Lipinski definition) is 0. The second-order valence-electron chi connectivity index (χ2n) is 5.38. The van der Waals surface area contributed by atoms with Gasteiger partial charge in [-0.3, -0.25) is 9.78 Å². The fraction of sp³-hybridized carbons (Fsp3) is 0.438. The Morgan fingerprint density at radius 1 is 1.14 bits per heavy atom. The van der Waals surface area contributed by atoms with Gasteiger partial charge in [-0.1, -0.05) is 12.8 Å². The fourth-order valence-corrected chi connectivity index (χ4v) is 3.67. The largest absolute Gasteiger partial charge is 0.338 e. The van der Waals surface area contributed by atoms with Gasteiger partial charge in [0, 0.05) is 31.0 Å². The van der Waals surface area contributed by atoms with E-state index in [1.54, 1.807) is 12.4 Å². The van der Waals surface area contributed by atoms with Crippen LogP contribution in [0.25, 0.3) is 10.6 Å². The van der Waals surface area contributed by atoms with E-state index >= 15 is 0 Å². The Labute approximate surface area is 128 Å². The van der Waals surface area contributed by atoms with Gasteiger partial charge < -0.3 is 4.90 Å². The summed E-state index contributed by atoms with van der Waals surface area (Å²) >= 11 is 1.49. The number of thiazole rings is 1. The molecule has 0 atom stereocenters. The van der Waals surface area contributed by atoms with Gasteiger partial charge in [0.05, 0.1) is 5.69 Å². The molecule has 5 heteroatoms. The van der Waals surface area contributed by atoms with Gasteiger partial charge in [-0.15, -0.1) is 11.3 Å². The molecule has 2 aromatic rings. The van der Waals surface area contributed by atoms with Crippen molar-refractivity contribution in [2.75, 3.05) is 13.1 Å². The maximum absolute atomic E-state index is 12.7. The van der Waals surface area contributed by atoms with Crippen LogP contribution in [0, 0.1) is 6.92 Å². The van der Waals surface area contributed by atoms with Crippen molar-refractivity contribution < 1.29 is 4.79 Å². The summed E-state index contributed by atoms with van der Waals surface area (Å²) in [5.74, 6) is 0.146. The number of likely N-dealkylation sites (tertiary alicyclic amines) is 1. The van der Waals surface area contributed by atoms with E-state index in [0.29, 0.717) is 0 Å². The molecule has 0 spiro atoms. The Hall–Kier alpha value is -1.75. The molecular formula is C16H19N3OS. The lowest BCUT2D eigenvalue weighted by Crippen LogP contribution is -2.31. The van der Waals surface area contributed by atoms with E-state index < -0.39 is 0 Å². The van der Waals surface area contributed by atoms with Gasteiger partial charge in [-0.05, 0) is 31.9 Å². The van der Waals surface area contributed by atoms with Crippen molar-refractivity contribution in [3.63, 3.8) is 0 Å². The SMILES string of the molecule is Cc1nc(-c2ccncc2)sc1C(=O)N1CCCCCC1. The number of carbonyl (C=O) groups is 1. The van der Waals surface area contributed by atoms with Crippen molar-refractivity contribution in [3.05, 3.63) is 35.1 Å². The van der Waals surface area contributed by atoms with Gasteiger partial charge in [-0.25, -0.2) is 4.98 Å². The Balaban J connectivity index is 1.85. The van der Waals surface area contributed by atoms with E-state index in [1.165, 1.54) is 24.2 Å². The Kier molecular flexibility index (Phi) is 4.29. The van der Waals surface area contributed by atoms with E-state index in [1.807, 2.05) is 24.0 Å². The fourth-order valence-electron chi connectivity index (χ4n) is 2.63. The summed E-state index contributed by atoms with van der Waals surface area (Å²) in [6, 6.07) is 3.86. The first-order valence-electron chi connectivity index (χ1n) is 7.43. The second-order valence-corrected chi connectivity index (χ2v) is 6.37. The molecule has 0 saturated carbocycles. The maximum Gasteiger partial charge on any atom is 0.265 e. The first-order chi connectivity index (χ1) is 10.3. The minimum atomic E-state index is 0.146. The third kappa shape index (κ3) is 3.13. The summed E-state index contributed by atoms with van der Waals surface area (Å²) < 4.78 is 0. The van der Waals surface area contributed by atoms with E-state index in [9.17, 15) is 4.79 Å². The molecule has 110 valence electrons. The highest BCUT2D eigenvalue weighted by Gasteiger charge is 2.22. The highest BCUT2D eigenvalue weighted by atomic mass is 32.1. The van der Waals surface area contributed by atoms with Crippen LogP contribution >= 0.6 is 11.3 Å². The molecule has 0 aliphatic carbocycles. The predicted octanol–water partition coefficient (Wildman–Crippen LogP) is 3.53. The van der Waals surface area contributed by atoms with Crippen LogP contribution in [0.15, 0.2) is 24.5 Å². The lowest BCUT2D eigenvalue weighted by Gasteiger charge is -2.19. The smallest absolute Gasteiger partial charge is 0.265 e. The molecule has 1 saturated heterocycles. The molecule has 0 radical (unpaired) electrons. The van der Waals surface area contributed by atoms with Crippen molar-refractivity contribution in [1.82, 2.24) is 14.9 Å². The summed E-state index contributed by atoms with van der Waals surface area (Å²) in [7, 11) is 0. The van der Waals surface area contributed by atoms with Crippen LogP contribution in [0.3, 0.4) is 0 Å². The zero-order chi connectivity index (χ0) is 14.7. The third-order valence-corrected chi connectivity index (χ3v) is 5.01. The Bertz CT molecular complexity index is 616. The number of carbonyl (C=O) groups excluding carboxylic acids is 1. The van der Waals surface area contributed by atoms with Crippen LogP contribution in [0.1, 0.15) is 41.0 Å². The summed E-state index contributed by atoms with van der Waals surface area (Å²) in [4.78, 5) is 24.1. The lowest BCUT2D eigenvalue weighted by molar-refractivity contribution is 0.0765. The van der Waals surface area contributed by atoms with Crippen LogP contribution in [0.2, 0.25) is 0 Å². The predicted molar refractivity (Wildman–Crippen MR) is 84.5 cm³/mol. The molecule has 0 aromatic carbocycles. The molecule has 0 unspecified atom stereocenters. The van der Waals surface area contributed by atoms with E-state index in [-0.39, 0.29) is 5.91 Å². The average Bonchev–Trinajstić information content (AvgIpc) is 2.74. The van der Waals surface area contributed by atoms with Crippen molar-refractivity contribution in [2.45, 2.75) is 32.6 Å². The lowest BCUT2D eigenvalue weighted by atomic mass is 10.2. The monoisotopic (exact) mass is 301 g/mol. The molecule has 3 rings (SSSR count). The molecule has 1 aliphatic rings. The summed E-state index contributed by atoms with van der Waals surface area (Å²) in [6.07, 6.45) is 8.19. The van der Waals surface area contributed by atoms with E-state index in [4.69, 9.17) is 0 Å². The number of aromatic nitrogens is 2. The van der Waals surface area contributed by atoms with Crippen LogP contribution in [-0.2, 0) is 0 Å². The molecule has 2 aromatic heterocycles. The summed E-state index contributed by atoms with van der Waals surface area (Å²) in [6.45, 7) is 3.67. The van der Waals surface area contributed by atoms with Gasteiger partial charge in [0.1, 0.15) is 9.88 Å². The third-order valence-electron chi connectivity index (χ3n) is 3.81. The summed E-state index contributed by atoms with van der Waals surface area (Å²) in [5.41, 5.74) is 1.86. The Morgan fingerprint density at radius 3 is 2.48 bits per heavy atom. The van der Waals surface area contributed by atoms with Crippen molar-refractivity contribution >= 4 is 17.2 Å². The van der Waals surface area contributed by atoms with Crippen molar-refractivity contribution in [2.24, 2.45) is 0 Å². The van der Waals surface area contributed by atoms with Gasteiger partial charge in [0.15, 0.2) is 0 Å². The van der Waals surface area contributed by atoms with Crippen molar-refractivity contribution in [3.8, 4) is 10.6 Å². The molecule has 1 fully saturated rings. The first kappa shape index (κ1) is 14.2. The second kappa shape index (κ2) is 6.35. The molecule has 3 heterocycles. The molecular weight excluding hydrogens is 282 g/mol. The van der Waals surface area contributed by atoms with Gasteiger partial charge in [-0.2, -0.15) is 0 Å². The minimum absolute atomic E-state index is 0.146. The molecule has 0 N–H and O–H groups in total. The summed E-state index contributed by atoms with van der Waals surface area (Å²) in [5, 5.41) is 0.896. The van der Waals surface area contributed by atoms with Crippen LogP contribution in [0.5, 0.6) is 0 Å². The maximum atomic E-state index is 12.7. The quantitative estimate of drug-likeness (QED) is 0.852. The van der Waals surface area contributed by atoms with Crippen LogP contribution in [0.4, 0.5) is 0 Å². The number of nitrogens with zero attached hydrogens (tertiary/aromatic N) is 3. The van der Waals surface area contributed by atoms with Gasteiger partial charge >= 0.3 is 0 Å². The number of aryl methyl sites for hydroxylation is 1. The first-order valence-corrected chi connectivity index (χ1v) is 8.24. The molecule has 0 bridgehead atoms. The van der Waals surface area contributed by atoms with Gasteiger partial charge in [0.25, 0.3) is 5.91 Å². The normalized spacial score (nSPS) is 15.8. The minimum Gasteiger partial charge on any atom is -0.338 e. The Morgan fingerprint density at radius 2 is 1.81 bits per heavy atom. The average molecular weight is 301 g/mol. The van der Waals surface area contributed by atoms with Crippen molar-refractivity contribution in [1.29, 1.82) is 0 Å². The number of rotatable bonds is 2. The number of amides is 1. The molecule has 1 aliphatic heterocycles. The zero-order valence-electron chi connectivity index (χ0n) is 12.2.